The molecule has 0 spiro atoms. The Bertz CT molecular complexity index is 1020. The largest absolute Gasteiger partial charge is 0.344 e. The lowest BCUT2D eigenvalue weighted by Gasteiger charge is -1.98. The van der Waals surface area contributed by atoms with Crippen molar-refractivity contribution in [2.75, 3.05) is 0 Å². The van der Waals surface area contributed by atoms with Crippen LogP contribution in [0.25, 0.3) is 42.0 Å². The van der Waals surface area contributed by atoms with Gasteiger partial charge in [0.05, 0.1) is 0 Å². The minimum absolute atomic E-state index is 1.32. The third kappa shape index (κ3) is 1.27. The SMILES string of the molecule is Cn1c2cc3ccsc3cc2c2cc3sccc3cc21. The van der Waals surface area contributed by atoms with E-state index < -0.39 is 0 Å². The third-order valence-corrected chi connectivity index (χ3v) is 5.91. The monoisotopic (exact) mass is 293 g/mol. The molecule has 0 atom stereocenters. The molecule has 20 heavy (non-hydrogen) atoms. The van der Waals surface area contributed by atoms with Gasteiger partial charge >= 0.3 is 0 Å². The van der Waals surface area contributed by atoms with Gasteiger partial charge in [0.2, 0.25) is 0 Å². The second kappa shape index (κ2) is 3.62. The quantitative estimate of drug-likeness (QED) is 0.342. The molecular formula is C17H11NS2. The fourth-order valence-electron chi connectivity index (χ4n) is 3.11. The van der Waals surface area contributed by atoms with E-state index in [2.05, 4.69) is 58.8 Å². The van der Waals surface area contributed by atoms with Crippen LogP contribution in [-0.4, -0.2) is 4.57 Å². The molecule has 3 heteroatoms. The van der Waals surface area contributed by atoms with Crippen molar-refractivity contribution in [3.05, 3.63) is 47.2 Å². The first-order valence-corrected chi connectivity index (χ1v) is 8.34. The summed E-state index contributed by atoms with van der Waals surface area (Å²) in [5.74, 6) is 0. The van der Waals surface area contributed by atoms with E-state index in [-0.39, 0.29) is 0 Å². The molecule has 0 bridgehead atoms. The van der Waals surface area contributed by atoms with Crippen LogP contribution in [0.1, 0.15) is 0 Å². The van der Waals surface area contributed by atoms with Crippen LogP contribution in [0, 0.1) is 0 Å². The summed E-state index contributed by atoms with van der Waals surface area (Å²) in [6.45, 7) is 0. The number of fused-ring (bicyclic) bond motifs is 5. The predicted octanol–water partition coefficient (Wildman–Crippen LogP) is 5.76. The highest BCUT2D eigenvalue weighted by atomic mass is 32.1. The first kappa shape index (κ1) is 10.9. The molecule has 96 valence electrons. The number of hydrogen-bond acceptors (Lipinski definition) is 2. The highest BCUT2D eigenvalue weighted by molar-refractivity contribution is 7.17. The Labute approximate surface area is 123 Å². The zero-order valence-corrected chi connectivity index (χ0v) is 12.5. The van der Waals surface area contributed by atoms with Crippen molar-refractivity contribution in [2.45, 2.75) is 0 Å². The van der Waals surface area contributed by atoms with E-state index in [1.807, 2.05) is 22.7 Å². The van der Waals surface area contributed by atoms with Gasteiger partial charge in [-0.05, 0) is 57.9 Å². The van der Waals surface area contributed by atoms with Gasteiger partial charge in [-0.3, -0.25) is 0 Å². The summed E-state index contributed by atoms with van der Waals surface area (Å²) in [4.78, 5) is 0. The number of thiophene rings is 2. The summed E-state index contributed by atoms with van der Waals surface area (Å²) in [5, 5.41) is 9.76. The molecule has 0 fully saturated rings. The Kier molecular flexibility index (Phi) is 1.97. The van der Waals surface area contributed by atoms with E-state index in [0.717, 1.165) is 0 Å². The molecule has 0 aliphatic heterocycles. The van der Waals surface area contributed by atoms with Crippen LogP contribution < -0.4 is 0 Å². The van der Waals surface area contributed by atoms with Crippen molar-refractivity contribution >= 4 is 64.7 Å². The van der Waals surface area contributed by atoms with Crippen molar-refractivity contribution in [3.63, 3.8) is 0 Å². The van der Waals surface area contributed by atoms with Gasteiger partial charge in [-0.25, -0.2) is 0 Å². The molecule has 0 unspecified atom stereocenters. The van der Waals surface area contributed by atoms with Gasteiger partial charge in [-0.15, -0.1) is 22.7 Å². The van der Waals surface area contributed by atoms with Crippen molar-refractivity contribution in [2.24, 2.45) is 7.05 Å². The Balaban J connectivity index is 2.10. The highest BCUT2D eigenvalue weighted by Gasteiger charge is 2.11. The molecule has 0 radical (unpaired) electrons. The van der Waals surface area contributed by atoms with Crippen molar-refractivity contribution in [1.82, 2.24) is 4.57 Å². The Hall–Kier alpha value is -1.84. The van der Waals surface area contributed by atoms with E-state index >= 15 is 0 Å². The van der Waals surface area contributed by atoms with Crippen LogP contribution in [0.2, 0.25) is 0 Å². The summed E-state index contributed by atoms with van der Waals surface area (Å²) in [5.41, 5.74) is 2.65. The van der Waals surface area contributed by atoms with Gasteiger partial charge in [-0.2, -0.15) is 0 Å². The molecule has 3 heterocycles. The molecule has 0 N–H and O–H groups in total. The lowest BCUT2D eigenvalue weighted by molar-refractivity contribution is 1.02. The molecule has 0 saturated carbocycles. The minimum Gasteiger partial charge on any atom is -0.344 e. The molecule has 5 rings (SSSR count). The van der Waals surface area contributed by atoms with Gasteiger partial charge in [0, 0.05) is 38.3 Å². The predicted molar refractivity (Wildman–Crippen MR) is 91.2 cm³/mol. The Morgan fingerprint density at radius 3 is 1.75 bits per heavy atom. The van der Waals surface area contributed by atoms with Crippen LogP contribution in [0.4, 0.5) is 0 Å². The van der Waals surface area contributed by atoms with E-state index in [4.69, 9.17) is 0 Å². The topological polar surface area (TPSA) is 4.93 Å². The number of rotatable bonds is 0. The fourth-order valence-corrected chi connectivity index (χ4v) is 4.73. The van der Waals surface area contributed by atoms with Gasteiger partial charge in [0.1, 0.15) is 0 Å². The van der Waals surface area contributed by atoms with Crippen molar-refractivity contribution < 1.29 is 0 Å². The molecule has 0 saturated heterocycles. The Morgan fingerprint density at radius 2 is 1.25 bits per heavy atom. The summed E-state index contributed by atoms with van der Waals surface area (Å²) in [6.07, 6.45) is 0. The van der Waals surface area contributed by atoms with Crippen LogP contribution in [-0.2, 0) is 7.05 Å². The number of aryl methyl sites for hydroxylation is 1. The van der Waals surface area contributed by atoms with E-state index in [0.29, 0.717) is 0 Å². The lowest BCUT2D eigenvalue weighted by atomic mass is 10.1. The van der Waals surface area contributed by atoms with E-state index in [9.17, 15) is 0 Å². The second-order valence-electron chi connectivity index (χ2n) is 5.21. The first-order valence-electron chi connectivity index (χ1n) is 6.58. The molecule has 5 aromatic rings. The summed E-state index contributed by atoms with van der Waals surface area (Å²) >= 11 is 3.64. The summed E-state index contributed by atoms with van der Waals surface area (Å²) in [7, 11) is 2.17. The smallest absolute Gasteiger partial charge is 0.0495 e. The van der Waals surface area contributed by atoms with Crippen LogP contribution in [0.5, 0.6) is 0 Å². The average molecular weight is 293 g/mol. The zero-order valence-electron chi connectivity index (χ0n) is 10.9. The average Bonchev–Trinajstić information content (AvgIpc) is 3.15. The van der Waals surface area contributed by atoms with Gasteiger partial charge in [0.15, 0.2) is 0 Å². The van der Waals surface area contributed by atoms with Crippen molar-refractivity contribution in [1.29, 1.82) is 0 Å². The van der Waals surface area contributed by atoms with Crippen LogP contribution in [0.15, 0.2) is 47.2 Å². The molecule has 0 aliphatic rings. The van der Waals surface area contributed by atoms with Crippen molar-refractivity contribution in [3.8, 4) is 0 Å². The number of nitrogens with zero attached hydrogens (tertiary/aromatic N) is 1. The normalized spacial score (nSPS) is 12.2. The molecule has 1 nitrogen and oxygen atoms in total. The second-order valence-corrected chi connectivity index (χ2v) is 7.11. The molecule has 3 aromatic heterocycles. The number of hydrogen-bond donors (Lipinski definition) is 0. The van der Waals surface area contributed by atoms with Gasteiger partial charge in [0.25, 0.3) is 0 Å². The maximum atomic E-state index is 2.34. The third-order valence-electron chi connectivity index (χ3n) is 4.15. The molecule has 2 aromatic carbocycles. The molecular weight excluding hydrogens is 282 g/mol. The zero-order chi connectivity index (χ0) is 13.3. The Morgan fingerprint density at radius 1 is 0.750 bits per heavy atom. The fraction of sp³-hybridized carbons (Fsp3) is 0.0588. The van der Waals surface area contributed by atoms with Gasteiger partial charge < -0.3 is 4.57 Å². The van der Waals surface area contributed by atoms with Crippen LogP contribution >= 0.6 is 22.7 Å². The lowest BCUT2D eigenvalue weighted by Crippen LogP contribution is -1.85. The number of aromatic nitrogens is 1. The first-order chi connectivity index (χ1) is 9.81. The molecule has 0 amide bonds. The van der Waals surface area contributed by atoms with Gasteiger partial charge in [-0.1, -0.05) is 0 Å². The van der Waals surface area contributed by atoms with E-state index in [1.54, 1.807) is 0 Å². The summed E-state index contributed by atoms with van der Waals surface area (Å²) in [6, 6.07) is 13.7. The van der Waals surface area contributed by atoms with E-state index in [1.165, 1.54) is 42.0 Å². The molecule has 0 aliphatic carbocycles. The minimum atomic E-state index is 1.32. The number of benzene rings is 2. The maximum Gasteiger partial charge on any atom is 0.0495 e. The highest BCUT2D eigenvalue weighted by Crippen LogP contribution is 2.36. The maximum absolute atomic E-state index is 2.34. The standard InChI is InChI=1S/C17H11NS2/c1-18-14-6-10-2-4-19-16(10)8-12(14)13-9-17-11(3-5-20-17)7-15(13)18/h2-9H,1H3. The van der Waals surface area contributed by atoms with Crippen LogP contribution in [0.3, 0.4) is 0 Å². The summed E-state index contributed by atoms with van der Waals surface area (Å²) < 4.78 is 5.06.